The van der Waals surface area contributed by atoms with E-state index in [-0.39, 0.29) is 5.91 Å². The molecule has 1 heterocycles. The van der Waals surface area contributed by atoms with Crippen molar-refractivity contribution in [3.63, 3.8) is 0 Å². The Hall–Kier alpha value is -2.34. The summed E-state index contributed by atoms with van der Waals surface area (Å²) in [7, 11) is 1.37. The Morgan fingerprint density at radius 3 is 2.81 bits per heavy atom. The van der Waals surface area contributed by atoms with Crippen LogP contribution >= 0.6 is 11.3 Å². The number of rotatable bonds is 7. The summed E-state index contributed by atoms with van der Waals surface area (Å²) in [5.74, 6) is 0.587. The number of methoxy groups -OCH3 is 1. The van der Waals surface area contributed by atoms with Crippen molar-refractivity contribution in [1.29, 1.82) is 0 Å². The number of hydrogen-bond donors (Lipinski definition) is 1. The van der Waals surface area contributed by atoms with Gasteiger partial charge in [0.1, 0.15) is 10.8 Å². The summed E-state index contributed by atoms with van der Waals surface area (Å²) in [6.07, 6.45) is 3.79. The number of benzene rings is 1. The van der Waals surface area contributed by atoms with Gasteiger partial charge in [-0.05, 0) is 55.4 Å². The predicted octanol–water partition coefficient (Wildman–Crippen LogP) is 4.70. The Bertz CT molecular complexity index is 841. The van der Waals surface area contributed by atoms with E-state index in [9.17, 15) is 9.59 Å². The summed E-state index contributed by atoms with van der Waals surface area (Å²) in [5, 5.41) is 3.47. The lowest BCUT2D eigenvalue weighted by atomic mass is 10.1. The molecule has 1 aromatic carbocycles. The van der Waals surface area contributed by atoms with Crippen LogP contribution in [0.3, 0.4) is 0 Å². The molecule has 0 unspecified atom stereocenters. The monoisotopic (exact) mass is 387 g/mol. The van der Waals surface area contributed by atoms with Crippen LogP contribution in [0.5, 0.6) is 5.75 Å². The standard InChI is InChI=1S/C21H25NO4S/c1-13(2)10-11-26-15-7-4-6-14(12-15)19(23)22-20-18(21(24)25-3)16-8-5-9-17(16)27-20/h4,6-7,12-13H,5,8-11H2,1-3H3,(H,22,23). The van der Waals surface area contributed by atoms with Crippen LogP contribution in [0.4, 0.5) is 5.00 Å². The molecule has 1 aliphatic rings. The van der Waals surface area contributed by atoms with Gasteiger partial charge in [-0.3, -0.25) is 4.79 Å². The quantitative estimate of drug-likeness (QED) is 0.700. The second-order valence-corrected chi connectivity index (χ2v) is 8.17. The molecule has 0 aliphatic heterocycles. The highest BCUT2D eigenvalue weighted by molar-refractivity contribution is 7.17. The Morgan fingerprint density at radius 2 is 2.07 bits per heavy atom. The first-order valence-corrected chi connectivity index (χ1v) is 10.1. The zero-order chi connectivity index (χ0) is 19.4. The van der Waals surface area contributed by atoms with Gasteiger partial charge in [-0.1, -0.05) is 19.9 Å². The lowest BCUT2D eigenvalue weighted by Crippen LogP contribution is -2.14. The molecule has 0 bridgehead atoms. The molecule has 27 heavy (non-hydrogen) atoms. The lowest BCUT2D eigenvalue weighted by molar-refractivity contribution is 0.0601. The molecule has 5 nitrogen and oxygen atoms in total. The second-order valence-electron chi connectivity index (χ2n) is 7.07. The highest BCUT2D eigenvalue weighted by Gasteiger charge is 2.28. The van der Waals surface area contributed by atoms with E-state index in [1.165, 1.54) is 18.4 Å². The number of nitrogens with one attached hydrogen (secondary N) is 1. The molecular formula is C21H25NO4S. The topological polar surface area (TPSA) is 64.6 Å². The van der Waals surface area contributed by atoms with Crippen LogP contribution in [-0.2, 0) is 17.6 Å². The van der Waals surface area contributed by atoms with Gasteiger partial charge in [0.2, 0.25) is 0 Å². The van der Waals surface area contributed by atoms with Crippen molar-refractivity contribution >= 4 is 28.2 Å². The molecule has 0 saturated carbocycles. The lowest BCUT2D eigenvalue weighted by Gasteiger charge is -2.10. The van der Waals surface area contributed by atoms with Crippen molar-refractivity contribution in [2.24, 2.45) is 5.92 Å². The van der Waals surface area contributed by atoms with Gasteiger partial charge in [0.15, 0.2) is 0 Å². The summed E-state index contributed by atoms with van der Waals surface area (Å²) in [6, 6.07) is 7.12. The van der Waals surface area contributed by atoms with Crippen LogP contribution < -0.4 is 10.1 Å². The number of hydrogen-bond acceptors (Lipinski definition) is 5. The van der Waals surface area contributed by atoms with Crippen molar-refractivity contribution in [1.82, 2.24) is 0 Å². The van der Waals surface area contributed by atoms with Crippen LogP contribution in [0.25, 0.3) is 0 Å². The summed E-state index contributed by atoms with van der Waals surface area (Å²) < 4.78 is 10.7. The SMILES string of the molecule is COC(=O)c1c(NC(=O)c2cccc(OCCC(C)C)c2)sc2c1CCC2. The number of aryl methyl sites for hydroxylation is 1. The normalized spacial score (nSPS) is 12.7. The molecule has 0 atom stereocenters. The van der Waals surface area contributed by atoms with Gasteiger partial charge in [-0.15, -0.1) is 11.3 Å². The second kappa shape index (κ2) is 8.57. The fourth-order valence-electron chi connectivity index (χ4n) is 3.13. The molecule has 0 fully saturated rings. The van der Waals surface area contributed by atoms with E-state index in [4.69, 9.17) is 9.47 Å². The van der Waals surface area contributed by atoms with E-state index in [0.29, 0.717) is 34.4 Å². The Morgan fingerprint density at radius 1 is 1.26 bits per heavy atom. The van der Waals surface area contributed by atoms with E-state index in [2.05, 4.69) is 19.2 Å². The zero-order valence-electron chi connectivity index (χ0n) is 16.0. The molecule has 2 aromatic rings. The molecule has 1 N–H and O–H groups in total. The van der Waals surface area contributed by atoms with Crippen molar-refractivity contribution in [2.45, 2.75) is 39.5 Å². The van der Waals surface area contributed by atoms with Gasteiger partial charge in [-0.2, -0.15) is 0 Å². The van der Waals surface area contributed by atoms with Crippen LogP contribution in [0.2, 0.25) is 0 Å². The third kappa shape index (κ3) is 4.50. The number of amides is 1. The first-order chi connectivity index (χ1) is 13.0. The molecule has 3 rings (SSSR count). The van der Waals surface area contributed by atoms with Crippen molar-refractivity contribution in [3.8, 4) is 5.75 Å². The Labute approximate surface area is 163 Å². The molecule has 6 heteroatoms. The van der Waals surface area contributed by atoms with Crippen molar-refractivity contribution < 1.29 is 19.1 Å². The number of thiophene rings is 1. The van der Waals surface area contributed by atoms with Gasteiger partial charge >= 0.3 is 5.97 Å². The molecule has 0 spiro atoms. The summed E-state index contributed by atoms with van der Waals surface area (Å²) >= 11 is 1.47. The first-order valence-electron chi connectivity index (χ1n) is 9.26. The summed E-state index contributed by atoms with van der Waals surface area (Å²) in [5.41, 5.74) is 2.03. The molecule has 0 saturated heterocycles. The minimum atomic E-state index is -0.393. The van der Waals surface area contributed by atoms with Crippen LogP contribution in [0, 0.1) is 5.92 Å². The van der Waals surface area contributed by atoms with Gasteiger partial charge in [0, 0.05) is 10.4 Å². The largest absolute Gasteiger partial charge is 0.494 e. The third-order valence-corrected chi connectivity index (χ3v) is 5.81. The maximum atomic E-state index is 12.7. The zero-order valence-corrected chi connectivity index (χ0v) is 16.8. The number of fused-ring (bicyclic) bond motifs is 1. The smallest absolute Gasteiger partial charge is 0.341 e. The molecule has 144 valence electrons. The maximum Gasteiger partial charge on any atom is 0.341 e. The number of ether oxygens (including phenoxy) is 2. The van der Waals surface area contributed by atoms with Crippen LogP contribution in [0.15, 0.2) is 24.3 Å². The molecule has 1 amide bonds. The summed E-state index contributed by atoms with van der Waals surface area (Å²) in [6.45, 7) is 4.90. The first kappa shape index (κ1) is 19.4. The Balaban J connectivity index is 1.75. The fourth-order valence-corrected chi connectivity index (χ4v) is 4.40. The van der Waals surface area contributed by atoms with E-state index >= 15 is 0 Å². The van der Waals surface area contributed by atoms with E-state index in [0.717, 1.165) is 36.1 Å². The highest BCUT2D eigenvalue weighted by atomic mass is 32.1. The average Bonchev–Trinajstić information content (AvgIpc) is 3.21. The molecule has 0 radical (unpaired) electrons. The van der Waals surface area contributed by atoms with Gasteiger partial charge in [-0.25, -0.2) is 4.79 Å². The summed E-state index contributed by atoms with van der Waals surface area (Å²) in [4.78, 5) is 26.1. The minimum Gasteiger partial charge on any atom is -0.494 e. The van der Waals surface area contributed by atoms with E-state index < -0.39 is 5.97 Å². The van der Waals surface area contributed by atoms with E-state index in [1.807, 2.05) is 6.07 Å². The molecule has 1 aliphatic carbocycles. The fraction of sp³-hybridized carbons (Fsp3) is 0.429. The Kier molecular flexibility index (Phi) is 6.16. The van der Waals surface area contributed by atoms with Crippen molar-refractivity contribution in [3.05, 3.63) is 45.8 Å². The van der Waals surface area contributed by atoms with E-state index in [1.54, 1.807) is 18.2 Å². The van der Waals surface area contributed by atoms with Crippen molar-refractivity contribution in [2.75, 3.05) is 19.0 Å². The van der Waals surface area contributed by atoms with Gasteiger partial charge in [0.05, 0.1) is 19.3 Å². The molecular weight excluding hydrogens is 362 g/mol. The number of carbonyl (C=O) groups excluding carboxylic acids is 2. The maximum absolute atomic E-state index is 12.7. The number of anilines is 1. The highest BCUT2D eigenvalue weighted by Crippen LogP contribution is 2.39. The van der Waals surface area contributed by atoms with Gasteiger partial charge < -0.3 is 14.8 Å². The number of carbonyl (C=O) groups is 2. The van der Waals surface area contributed by atoms with Crippen LogP contribution in [0.1, 0.15) is 57.8 Å². The third-order valence-electron chi connectivity index (χ3n) is 4.60. The number of esters is 1. The van der Waals surface area contributed by atoms with Crippen LogP contribution in [-0.4, -0.2) is 25.6 Å². The average molecular weight is 388 g/mol. The molecule has 1 aromatic heterocycles. The van der Waals surface area contributed by atoms with Gasteiger partial charge in [0.25, 0.3) is 5.91 Å². The predicted molar refractivity (Wildman–Crippen MR) is 107 cm³/mol. The minimum absolute atomic E-state index is 0.255.